The van der Waals surface area contributed by atoms with Gasteiger partial charge >= 0.3 is 5.97 Å². The van der Waals surface area contributed by atoms with Crippen LogP contribution in [0.4, 0.5) is 5.00 Å². The van der Waals surface area contributed by atoms with Gasteiger partial charge in [0.05, 0.1) is 13.5 Å². The molecule has 0 bridgehead atoms. The van der Waals surface area contributed by atoms with E-state index in [1.54, 1.807) is 11.9 Å². The van der Waals surface area contributed by atoms with Gasteiger partial charge in [-0.15, -0.1) is 11.3 Å². The van der Waals surface area contributed by atoms with Crippen molar-refractivity contribution < 1.29 is 14.3 Å². The van der Waals surface area contributed by atoms with Gasteiger partial charge in [0.15, 0.2) is 0 Å². The van der Waals surface area contributed by atoms with Crippen LogP contribution in [-0.2, 0) is 14.3 Å². The SMILES string of the molecule is COC(=O)CCC(=O)N(C)c1sccc1C. The van der Waals surface area contributed by atoms with Gasteiger partial charge in [-0.2, -0.15) is 0 Å². The van der Waals surface area contributed by atoms with Gasteiger partial charge in [-0.3, -0.25) is 9.59 Å². The van der Waals surface area contributed by atoms with Crippen molar-refractivity contribution >= 4 is 28.2 Å². The summed E-state index contributed by atoms with van der Waals surface area (Å²) in [4.78, 5) is 24.2. The Morgan fingerprint density at radius 1 is 1.44 bits per heavy atom. The Bertz CT molecular complexity index is 386. The topological polar surface area (TPSA) is 46.6 Å². The highest BCUT2D eigenvalue weighted by Gasteiger charge is 2.15. The molecule has 0 aliphatic carbocycles. The first-order chi connectivity index (χ1) is 7.56. The van der Waals surface area contributed by atoms with E-state index in [0.29, 0.717) is 0 Å². The van der Waals surface area contributed by atoms with Crippen molar-refractivity contribution in [1.82, 2.24) is 0 Å². The zero-order valence-electron chi connectivity index (χ0n) is 9.65. The Morgan fingerprint density at radius 3 is 2.62 bits per heavy atom. The van der Waals surface area contributed by atoms with Gasteiger partial charge in [-0.25, -0.2) is 0 Å². The third kappa shape index (κ3) is 3.06. The number of aryl methyl sites for hydroxylation is 1. The minimum atomic E-state index is -0.357. The Kier molecular flexibility index (Phi) is 4.49. The molecule has 16 heavy (non-hydrogen) atoms. The molecule has 0 N–H and O–H groups in total. The predicted octanol–water partition coefficient (Wildman–Crippen LogP) is 1.97. The molecule has 0 spiro atoms. The van der Waals surface area contributed by atoms with Crippen molar-refractivity contribution in [3.63, 3.8) is 0 Å². The number of anilines is 1. The van der Waals surface area contributed by atoms with E-state index in [2.05, 4.69) is 4.74 Å². The van der Waals surface area contributed by atoms with Crippen LogP contribution in [0.3, 0.4) is 0 Å². The van der Waals surface area contributed by atoms with Crippen LogP contribution in [0.2, 0.25) is 0 Å². The number of thiophene rings is 1. The average Bonchev–Trinajstić information content (AvgIpc) is 2.70. The number of nitrogens with zero attached hydrogens (tertiary/aromatic N) is 1. The molecule has 0 saturated heterocycles. The van der Waals surface area contributed by atoms with Gasteiger partial charge < -0.3 is 9.64 Å². The Hall–Kier alpha value is -1.36. The number of esters is 1. The standard InChI is InChI=1S/C11H15NO3S/c1-8-6-7-16-11(8)12(2)9(13)4-5-10(14)15-3/h6-7H,4-5H2,1-3H3. The van der Waals surface area contributed by atoms with Crippen molar-refractivity contribution in [2.24, 2.45) is 0 Å². The number of hydrogen-bond donors (Lipinski definition) is 0. The van der Waals surface area contributed by atoms with Crippen LogP contribution in [0.25, 0.3) is 0 Å². The van der Waals surface area contributed by atoms with Crippen molar-refractivity contribution in [1.29, 1.82) is 0 Å². The fraction of sp³-hybridized carbons (Fsp3) is 0.455. The van der Waals surface area contributed by atoms with Gasteiger partial charge in [0, 0.05) is 13.5 Å². The Labute approximate surface area is 98.8 Å². The second-order valence-corrected chi connectivity index (χ2v) is 4.33. The highest BCUT2D eigenvalue weighted by atomic mass is 32.1. The van der Waals surface area contributed by atoms with E-state index < -0.39 is 0 Å². The van der Waals surface area contributed by atoms with E-state index in [-0.39, 0.29) is 24.7 Å². The molecule has 1 aromatic heterocycles. The molecule has 0 aromatic carbocycles. The van der Waals surface area contributed by atoms with Crippen molar-refractivity contribution in [2.75, 3.05) is 19.1 Å². The van der Waals surface area contributed by atoms with Gasteiger partial charge in [-0.05, 0) is 23.9 Å². The van der Waals surface area contributed by atoms with E-state index in [4.69, 9.17) is 0 Å². The molecule has 1 aromatic rings. The molecular formula is C11H15NO3S. The smallest absolute Gasteiger partial charge is 0.306 e. The summed E-state index contributed by atoms with van der Waals surface area (Å²) in [7, 11) is 3.04. The van der Waals surface area contributed by atoms with Crippen LogP contribution in [0.15, 0.2) is 11.4 Å². The summed E-state index contributed by atoms with van der Waals surface area (Å²) in [6.07, 6.45) is 0.310. The maximum absolute atomic E-state index is 11.7. The fourth-order valence-electron chi connectivity index (χ4n) is 1.30. The lowest BCUT2D eigenvalue weighted by molar-refractivity contribution is -0.141. The summed E-state index contributed by atoms with van der Waals surface area (Å²) in [6.45, 7) is 1.95. The lowest BCUT2D eigenvalue weighted by Crippen LogP contribution is -2.26. The normalized spacial score (nSPS) is 9.94. The van der Waals surface area contributed by atoms with E-state index in [1.807, 2.05) is 18.4 Å². The van der Waals surface area contributed by atoms with Crippen LogP contribution < -0.4 is 4.90 Å². The number of amides is 1. The summed E-state index contributed by atoms with van der Waals surface area (Å²) in [5.74, 6) is -0.430. The molecule has 0 aliphatic rings. The number of methoxy groups -OCH3 is 1. The summed E-state index contributed by atoms with van der Waals surface area (Å²) in [5.41, 5.74) is 1.07. The zero-order chi connectivity index (χ0) is 12.1. The Morgan fingerprint density at radius 2 is 2.12 bits per heavy atom. The van der Waals surface area contributed by atoms with Crippen molar-refractivity contribution in [2.45, 2.75) is 19.8 Å². The number of rotatable bonds is 4. The van der Waals surface area contributed by atoms with Crippen LogP contribution in [-0.4, -0.2) is 26.0 Å². The number of hydrogen-bond acceptors (Lipinski definition) is 4. The molecule has 0 aliphatic heterocycles. The van der Waals surface area contributed by atoms with E-state index in [0.717, 1.165) is 10.6 Å². The first kappa shape index (κ1) is 12.7. The van der Waals surface area contributed by atoms with Gasteiger partial charge in [0.1, 0.15) is 5.00 Å². The van der Waals surface area contributed by atoms with Crippen molar-refractivity contribution in [3.8, 4) is 0 Å². The highest BCUT2D eigenvalue weighted by Crippen LogP contribution is 2.26. The summed E-state index contributed by atoms with van der Waals surface area (Å²) in [6, 6.07) is 1.96. The fourth-order valence-corrected chi connectivity index (χ4v) is 2.22. The molecule has 1 amide bonds. The molecule has 0 saturated carbocycles. The second kappa shape index (κ2) is 5.65. The summed E-state index contributed by atoms with van der Waals surface area (Å²) < 4.78 is 4.49. The van der Waals surface area contributed by atoms with Gasteiger partial charge in [0.2, 0.25) is 5.91 Å². The number of ether oxygens (including phenoxy) is 1. The highest BCUT2D eigenvalue weighted by molar-refractivity contribution is 7.14. The monoisotopic (exact) mass is 241 g/mol. The molecular weight excluding hydrogens is 226 g/mol. The van der Waals surface area contributed by atoms with E-state index in [1.165, 1.54) is 18.4 Å². The van der Waals surface area contributed by atoms with Gasteiger partial charge in [0.25, 0.3) is 0 Å². The maximum atomic E-state index is 11.7. The third-order valence-corrected chi connectivity index (χ3v) is 3.38. The quantitative estimate of drug-likeness (QED) is 0.757. The first-order valence-corrected chi connectivity index (χ1v) is 5.81. The lowest BCUT2D eigenvalue weighted by Gasteiger charge is -2.15. The van der Waals surface area contributed by atoms with Crippen LogP contribution in [0.5, 0.6) is 0 Å². The number of carbonyl (C=O) groups excluding carboxylic acids is 2. The molecule has 5 heteroatoms. The van der Waals surface area contributed by atoms with Gasteiger partial charge in [-0.1, -0.05) is 0 Å². The molecule has 0 atom stereocenters. The summed E-state index contributed by atoms with van der Waals surface area (Å²) in [5, 5.41) is 2.87. The molecule has 88 valence electrons. The predicted molar refractivity (Wildman–Crippen MR) is 63.7 cm³/mol. The minimum Gasteiger partial charge on any atom is -0.469 e. The van der Waals surface area contributed by atoms with E-state index in [9.17, 15) is 9.59 Å². The van der Waals surface area contributed by atoms with E-state index >= 15 is 0 Å². The first-order valence-electron chi connectivity index (χ1n) is 4.93. The average molecular weight is 241 g/mol. The zero-order valence-corrected chi connectivity index (χ0v) is 10.5. The lowest BCUT2D eigenvalue weighted by atomic mass is 10.2. The molecule has 0 unspecified atom stereocenters. The van der Waals surface area contributed by atoms with Crippen LogP contribution in [0.1, 0.15) is 18.4 Å². The third-order valence-electron chi connectivity index (χ3n) is 2.28. The molecule has 0 radical (unpaired) electrons. The summed E-state index contributed by atoms with van der Waals surface area (Å²) >= 11 is 1.51. The van der Waals surface area contributed by atoms with Crippen LogP contribution >= 0.6 is 11.3 Å². The molecule has 1 rings (SSSR count). The second-order valence-electron chi connectivity index (χ2n) is 3.44. The molecule has 1 heterocycles. The molecule has 4 nitrogen and oxygen atoms in total. The number of carbonyl (C=O) groups is 2. The van der Waals surface area contributed by atoms with Crippen molar-refractivity contribution in [3.05, 3.63) is 17.0 Å². The largest absolute Gasteiger partial charge is 0.469 e. The maximum Gasteiger partial charge on any atom is 0.306 e. The Balaban J connectivity index is 2.55. The molecule has 0 fully saturated rings. The van der Waals surface area contributed by atoms with Crippen LogP contribution in [0, 0.1) is 6.92 Å². The minimum absolute atomic E-state index is 0.0732.